The molecule has 0 unspecified atom stereocenters. The average molecular weight is 263 g/mol. The molecule has 0 saturated carbocycles. The maximum Gasteiger partial charge on any atom is 0.248 e. The highest BCUT2D eigenvalue weighted by Crippen LogP contribution is 2.15. The number of aromatic nitrogens is 2. The van der Waals surface area contributed by atoms with E-state index in [1.165, 1.54) is 18.2 Å². The molecule has 0 bridgehead atoms. The predicted molar refractivity (Wildman–Crippen MR) is 67.2 cm³/mol. The fourth-order valence-corrected chi connectivity index (χ4v) is 1.59. The van der Waals surface area contributed by atoms with Gasteiger partial charge in [0.2, 0.25) is 5.91 Å². The van der Waals surface area contributed by atoms with Crippen molar-refractivity contribution in [3.05, 3.63) is 47.5 Å². The van der Waals surface area contributed by atoms with Gasteiger partial charge < -0.3 is 10.5 Å². The Morgan fingerprint density at radius 1 is 1.53 bits per heavy atom. The number of ether oxygens (including phenoxy) is 1. The van der Waals surface area contributed by atoms with Crippen molar-refractivity contribution in [2.24, 2.45) is 5.73 Å². The molecule has 0 aliphatic carbocycles. The zero-order valence-electron chi connectivity index (χ0n) is 10.5. The number of benzene rings is 1. The van der Waals surface area contributed by atoms with Crippen molar-refractivity contribution in [1.82, 2.24) is 9.78 Å². The molecule has 19 heavy (non-hydrogen) atoms. The van der Waals surface area contributed by atoms with Crippen molar-refractivity contribution in [3.63, 3.8) is 0 Å². The summed E-state index contributed by atoms with van der Waals surface area (Å²) in [5, 5.41) is 4.04. The second-order valence-corrected chi connectivity index (χ2v) is 3.99. The van der Waals surface area contributed by atoms with Gasteiger partial charge >= 0.3 is 0 Å². The summed E-state index contributed by atoms with van der Waals surface area (Å²) >= 11 is 0. The molecule has 6 heteroatoms. The van der Waals surface area contributed by atoms with Crippen LogP contribution in [0.5, 0.6) is 5.75 Å². The standard InChI is InChI=1S/C13H14FN3O2/c1-2-17-7-11(6-16-17)19-8-10-5-9(13(15)18)3-4-12(10)14/h3-7H,2,8H2,1H3,(H2,15,18). The van der Waals surface area contributed by atoms with Crippen LogP contribution >= 0.6 is 0 Å². The van der Waals surface area contributed by atoms with Crippen molar-refractivity contribution >= 4 is 5.91 Å². The van der Waals surface area contributed by atoms with Crippen molar-refractivity contribution in [3.8, 4) is 5.75 Å². The minimum atomic E-state index is -0.597. The van der Waals surface area contributed by atoms with E-state index in [2.05, 4.69) is 5.10 Å². The molecule has 2 aromatic rings. The molecular weight excluding hydrogens is 249 g/mol. The quantitative estimate of drug-likeness (QED) is 0.892. The molecule has 1 aromatic carbocycles. The maximum absolute atomic E-state index is 13.6. The Morgan fingerprint density at radius 3 is 2.95 bits per heavy atom. The Morgan fingerprint density at radius 2 is 2.32 bits per heavy atom. The second-order valence-electron chi connectivity index (χ2n) is 3.99. The number of primary amides is 1. The summed E-state index contributed by atoms with van der Waals surface area (Å²) in [6.45, 7) is 2.70. The Bertz CT molecular complexity index is 595. The first kappa shape index (κ1) is 13.1. The van der Waals surface area contributed by atoms with E-state index in [1.807, 2.05) is 6.92 Å². The molecule has 0 aliphatic heterocycles. The zero-order chi connectivity index (χ0) is 13.8. The monoisotopic (exact) mass is 263 g/mol. The largest absolute Gasteiger partial charge is 0.486 e. The number of carbonyl (C=O) groups is 1. The van der Waals surface area contributed by atoms with Gasteiger partial charge in [-0.3, -0.25) is 9.48 Å². The third kappa shape index (κ3) is 3.09. The zero-order valence-corrected chi connectivity index (χ0v) is 10.5. The van der Waals surface area contributed by atoms with Crippen LogP contribution in [0.4, 0.5) is 4.39 Å². The van der Waals surface area contributed by atoms with Gasteiger partial charge in [-0.1, -0.05) is 0 Å². The highest BCUT2D eigenvalue weighted by molar-refractivity contribution is 5.92. The number of hydrogen-bond acceptors (Lipinski definition) is 3. The van der Waals surface area contributed by atoms with Crippen LogP contribution < -0.4 is 10.5 Å². The second kappa shape index (κ2) is 5.51. The minimum Gasteiger partial charge on any atom is -0.486 e. The van der Waals surface area contributed by atoms with Gasteiger partial charge in [0.15, 0.2) is 5.75 Å². The third-order valence-electron chi connectivity index (χ3n) is 2.66. The molecule has 2 N–H and O–H groups in total. The smallest absolute Gasteiger partial charge is 0.248 e. The maximum atomic E-state index is 13.6. The average Bonchev–Trinajstić information content (AvgIpc) is 2.85. The van der Waals surface area contributed by atoms with Gasteiger partial charge in [-0.05, 0) is 25.1 Å². The van der Waals surface area contributed by atoms with Crippen LogP contribution in [-0.4, -0.2) is 15.7 Å². The number of hydrogen-bond donors (Lipinski definition) is 1. The molecular formula is C13H14FN3O2. The Balaban J connectivity index is 2.10. The molecule has 2 rings (SSSR count). The van der Waals surface area contributed by atoms with Crippen molar-refractivity contribution in [2.75, 3.05) is 0 Å². The lowest BCUT2D eigenvalue weighted by molar-refractivity contribution is 0.1000. The molecule has 1 heterocycles. The van der Waals surface area contributed by atoms with Crippen LogP contribution in [0.15, 0.2) is 30.6 Å². The molecule has 1 aromatic heterocycles. The van der Waals surface area contributed by atoms with Gasteiger partial charge in [0.25, 0.3) is 0 Å². The first-order valence-electron chi connectivity index (χ1n) is 5.83. The minimum absolute atomic E-state index is 0.0162. The number of rotatable bonds is 5. The van der Waals surface area contributed by atoms with Gasteiger partial charge in [0, 0.05) is 17.7 Å². The van der Waals surface area contributed by atoms with Crippen LogP contribution in [0.2, 0.25) is 0 Å². The van der Waals surface area contributed by atoms with Crippen LogP contribution in [0.25, 0.3) is 0 Å². The van der Waals surface area contributed by atoms with Crippen LogP contribution in [0.3, 0.4) is 0 Å². The Labute approximate surface area is 109 Å². The summed E-state index contributed by atoms with van der Waals surface area (Å²) < 4.78 is 20.7. The molecule has 0 fully saturated rings. The number of amides is 1. The molecule has 0 aliphatic rings. The van der Waals surface area contributed by atoms with Crippen LogP contribution in [0, 0.1) is 5.82 Å². The van der Waals surface area contributed by atoms with Gasteiger partial charge in [-0.25, -0.2) is 4.39 Å². The van der Waals surface area contributed by atoms with E-state index in [9.17, 15) is 9.18 Å². The van der Waals surface area contributed by atoms with E-state index < -0.39 is 11.7 Å². The highest BCUT2D eigenvalue weighted by Gasteiger charge is 2.08. The Kier molecular flexibility index (Phi) is 3.79. The van der Waals surface area contributed by atoms with E-state index in [0.29, 0.717) is 5.75 Å². The molecule has 0 spiro atoms. The lowest BCUT2D eigenvalue weighted by Crippen LogP contribution is -2.12. The summed E-state index contributed by atoms with van der Waals surface area (Å²) in [6.07, 6.45) is 3.27. The topological polar surface area (TPSA) is 70.1 Å². The molecule has 5 nitrogen and oxygen atoms in total. The van der Waals surface area contributed by atoms with E-state index in [1.54, 1.807) is 17.1 Å². The van der Waals surface area contributed by atoms with Gasteiger partial charge in [-0.15, -0.1) is 0 Å². The number of aryl methyl sites for hydroxylation is 1. The van der Waals surface area contributed by atoms with E-state index >= 15 is 0 Å². The number of nitrogens with zero attached hydrogens (tertiary/aromatic N) is 2. The molecule has 0 saturated heterocycles. The van der Waals surface area contributed by atoms with Crippen molar-refractivity contribution in [1.29, 1.82) is 0 Å². The summed E-state index contributed by atoms with van der Waals surface area (Å²) in [5.41, 5.74) is 5.68. The summed E-state index contributed by atoms with van der Waals surface area (Å²) in [4.78, 5) is 11.0. The number of nitrogens with two attached hydrogens (primary N) is 1. The number of carbonyl (C=O) groups excluding carboxylic acids is 1. The van der Waals surface area contributed by atoms with Crippen LogP contribution in [-0.2, 0) is 13.2 Å². The third-order valence-corrected chi connectivity index (χ3v) is 2.66. The van der Waals surface area contributed by atoms with E-state index in [0.717, 1.165) is 6.54 Å². The molecule has 1 amide bonds. The van der Waals surface area contributed by atoms with Gasteiger partial charge in [-0.2, -0.15) is 5.10 Å². The first-order valence-corrected chi connectivity index (χ1v) is 5.83. The SMILES string of the molecule is CCn1cc(OCc2cc(C(N)=O)ccc2F)cn1. The summed E-state index contributed by atoms with van der Waals surface area (Å²) in [5.74, 6) is -0.487. The van der Waals surface area contributed by atoms with Crippen LogP contribution in [0.1, 0.15) is 22.8 Å². The van der Waals surface area contributed by atoms with E-state index in [-0.39, 0.29) is 17.7 Å². The predicted octanol–water partition coefficient (Wildman–Crippen LogP) is 1.72. The van der Waals surface area contributed by atoms with Crippen molar-refractivity contribution in [2.45, 2.75) is 20.1 Å². The lowest BCUT2D eigenvalue weighted by Gasteiger charge is -2.06. The molecule has 100 valence electrons. The fraction of sp³-hybridized carbons (Fsp3) is 0.231. The van der Waals surface area contributed by atoms with Crippen molar-refractivity contribution < 1.29 is 13.9 Å². The first-order chi connectivity index (χ1) is 9.10. The Hall–Kier alpha value is -2.37. The molecule has 0 atom stereocenters. The lowest BCUT2D eigenvalue weighted by atomic mass is 10.1. The van der Waals surface area contributed by atoms with Gasteiger partial charge in [0.05, 0.1) is 12.4 Å². The normalized spacial score (nSPS) is 10.4. The highest BCUT2D eigenvalue weighted by atomic mass is 19.1. The molecule has 0 radical (unpaired) electrons. The van der Waals surface area contributed by atoms with Gasteiger partial charge in [0.1, 0.15) is 12.4 Å². The van der Waals surface area contributed by atoms with E-state index in [4.69, 9.17) is 10.5 Å². The number of halogens is 1. The fourth-order valence-electron chi connectivity index (χ4n) is 1.59. The summed E-state index contributed by atoms with van der Waals surface area (Å²) in [6, 6.07) is 3.94. The summed E-state index contributed by atoms with van der Waals surface area (Å²) in [7, 11) is 0.